The van der Waals surface area contributed by atoms with Gasteiger partial charge >= 0.3 is 6.18 Å². The smallest absolute Gasteiger partial charge is 0.392 e. The molecule has 38 heavy (non-hydrogen) atoms. The minimum Gasteiger partial charge on any atom is -0.392 e. The Kier molecular flexibility index (Phi) is 6.75. The zero-order valence-corrected chi connectivity index (χ0v) is 21.4. The van der Waals surface area contributed by atoms with Gasteiger partial charge in [-0.2, -0.15) is 13.2 Å². The van der Waals surface area contributed by atoms with E-state index in [1.165, 1.54) is 12.1 Å². The van der Waals surface area contributed by atoms with Crippen LogP contribution < -0.4 is 5.32 Å². The molecule has 0 unspecified atom stereocenters. The van der Waals surface area contributed by atoms with Gasteiger partial charge in [0.1, 0.15) is 6.33 Å². The monoisotopic (exact) mass is 522 g/mol. The molecule has 0 radical (unpaired) electrons. The molecule has 1 aliphatic rings. The Morgan fingerprint density at radius 3 is 2.50 bits per heavy atom. The van der Waals surface area contributed by atoms with E-state index in [9.17, 15) is 23.1 Å². The average Bonchev–Trinajstić information content (AvgIpc) is 3.49. The summed E-state index contributed by atoms with van der Waals surface area (Å²) >= 11 is 0. The molecule has 1 atom stereocenters. The van der Waals surface area contributed by atoms with E-state index >= 15 is 0 Å². The summed E-state index contributed by atoms with van der Waals surface area (Å²) in [6.45, 7) is 6.89. The molecular weight excluding hydrogens is 493 g/mol. The van der Waals surface area contributed by atoms with Crippen molar-refractivity contribution in [3.8, 4) is 5.69 Å². The molecule has 1 aromatic heterocycles. The number of nitrogens with one attached hydrogen (secondary N) is 1. The number of anilines is 1. The predicted molar refractivity (Wildman–Crippen MR) is 141 cm³/mol. The van der Waals surface area contributed by atoms with Crippen molar-refractivity contribution in [1.82, 2.24) is 14.5 Å². The number of carbonyl (C=O) groups excluding carboxylic acids is 1. The lowest BCUT2D eigenvalue weighted by Crippen LogP contribution is -2.23. The maximum Gasteiger partial charge on any atom is 0.416 e. The fourth-order valence-electron chi connectivity index (χ4n) is 5.07. The highest BCUT2D eigenvalue weighted by Crippen LogP contribution is 2.35. The first kappa shape index (κ1) is 25.9. The van der Waals surface area contributed by atoms with Gasteiger partial charge in [-0.1, -0.05) is 24.3 Å². The predicted octanol–water partition coefficient (Wildman–Crippen LogP) is 5.79. The SMILES string of the molecule is Cc1ccc(C(=O)Nc2ccc(CN3CC[C@@H](O)C3)c(C(F)(F)F)c2)cc1-n1cnc2c(C)ccc(C)c21. The Morgan fingerprint density at radius 1 is 1.05 bits per heavy atom. The van der Waals surface area contributed by atoms with Crippen molar-refractivity contribution in [2.45, 2.75) is 46.0 Å². The first-order valence-corrected chi connectivity index (χ1v) is 12.5. The van der Waals surface area contributed by atoms with Gasteiger partial charge in [0.05, 0.1) is 28.4 Å². The number of nitrogens with zero attached hydrogens (tertiary/aromatic N) is 3. The fourth-order valence-corrected chi connectivity index (χ4v) is 5.07. The van der Waals surface area contributed by atoms with Crippen molar-refractivity contribution in [1.29, 1.82) is 0 Å². The normalized spacial score (nSPS) is 16.3. The standard InChI is InChI=1S/C29H29F3N4O2/c1-17-6-7-20(12-25(17)36-16-33-26-18(2)4-5-19(3)27(26)36)28(38)34-22-9-8-21(24(13-22)29(30,31)32)14-35-11-10-23(37)15-35/h4-9,12-13,16,23,37H,10-11,14-15H2,1-3H3,(H,34,38)/t23-/m1/s1. The molecule has 6 nitrogen and oxygen atoms in total. The van der Waals surface area contributed by atoms with E-state index in [0.29, 0.717) is 25.1 Å². The van der Waals surface area contributed by atoms with Gasteiger partial charge in [-0.05, 0) is 73.7 Å². The first-order chi connectivity index (χ1) is 18.0. The van der Waals surface area contributed by atoms with Crippen molar-refractivity contribution in [2.75, 3.05) is 18.4 Å². The number of hydrogen-bond acceptors (Lipinski definition) is 4. The van der Waals surface area contributed by atoms with Crippen molar-refractivity contribution in [3.05, 3.63) is 88.2 Å². The van der Waals surface area contributed by atoms with E-state index in [-0.39, 0.29) is 17.8 Å². The lowest BCUT2D eigenvalue weighted by Gasteiger charge is -2.20. The Bertz CT molecular complexity index is 1530. The van der Waals surface area contributed by atoms with Crippen LogP contribution in [0.4, 0.5) is 18.9 Å². The fraction of sp³-hybridized carbons (Fsp3) is 0.310. The van der Waals surface area contributed by atoms with E-state index in [1.807, 2.05) is 43.5 Å². The van der Waals surface area contributed by atoms with Crippen LogP contribution in [0, 0.1) is 20.8 Å². The average molecular weight is 523 g/mol. The van der Waals surface area contributed by atoms with Gasteiger partial charge in [0.15, 0.2) is 0 Å². The molecule has 0 saturated carbocycles. The van der Waals surface area contributed by atoms with Crippen LogP contribution in [0.1, 0.15) is 44.6 Å². The molecule has 1 aliphatic heterocycles. The summed E-state index contributed by atoms with van der Waals surface area (Å²) in [5, 5.41) is 12.3. The minimum atomic E-state index is -4.58. The Hall–Kier alpha value is -3.69. The number of benzene rings is 3. The topological polar surface area (TPSA) is 70.4 Å². The molecule has 0 bridgehead atoms. The largest absolute Gasteiger partial charge is 0.416 e. The van der Waals surface area contributed by atoms with Crippen LogP contribution in [0.15, 0.2) is 54.9 Å². The van der Waals surface area contributed by atoms with Crippen LogP contribution in [-0.2, 0) is 12.7 Å². The minimum absolute atomic E-state index is 0.0641. The summed E-state index contributed by atoms with van der Waals surface area (Å²) in [5.41, 5.74) is 5.31. The highest BCUT2D eigenvalue weighted by Gasteiger charge is 2.34. The number of halogens is 3. The third-order valence-corrected chi connectivity index (χ3v) is 7.14. The number of carbonyl (C=O) groups is 1. The summed E-state index contributed by atoms with van der Waals surface area (Å²) in [6.07, 6.45) is -2.83. The lowest BCUT2D eigenvalue weighted by molar-refractivity contribution is -0.138. The van der Waals surface area contributed by atoms with Crippen LogP contribution in [0.2, 0.25) is 0 Å². The second-order valence-corrected chi connectivity index (χ2v) is 10.0. The van der Waals surface area contributed by atoms with Gasteiger partial charge in [-0.3, -0.25) is 14.3 Å². The van der Waals surface area contributed by atoms with Crippen molar-refractivity contribution in [3.63, 3.8) is 0 Å². The highest BCUT2D eigenvalue weighted by molar-refractivity contribution is 6.04. The number of hydrogen-bond donors (Lipinski definition) is 2. The number of fused-ring (bicyclic) bond motifs is 1. The van der Waals surface area contributed by atoms with Gasteiger partial charge in [0, 0.05) is 30.9 Å². The van der Waals surface area contributed by atoms with Crippen LogP contribution in [0.25, 0.3) is 16.7 Å². The molecule has 5 rings (SSSR count). The Morgan fingerprint density at radius 2 is 1.79 bits per heavy atom. The number of alkyl halides is 3. The van der Waals surface area contributed by atoms with Crippen LogP contribution in [-0.4, -0.2) is 44.7 Å². The number of aromatic nitrogens is 2. The second-order valence-electron chi connectivity index (χ2n) is 10.0. The number of rotatable bonds is 5. The maximum absolute atomic E-state index is 13.9. The number of imidazole rings is 1. The molecule has 0 spiro atoms. The van der Waals surface area contributed by atoms with Crippen molar-refractivity contribution < 1.29 is 23.1 Å². The van der Waals surface area contributed by atoms with Gasteiger partial charge in [0.25, 0.3) is 5.91 Å². The summed E-state index contributed by atoms with van der Waals surface area (Å²) < 4.78 is 43.6. The van der Waals surface area contributed by atoms with Crippen molar-refractivity contribution >= 4 is 22.6 Å². The van der Waals surface area contributed by atoms with E-state index in [4.69, 9.17) is 0 Å². The van der Waals surface area contributed by atoms with E-state index in [2.05, 4.69) is 10.3 Å². The van der Waals surface area contributed by atoms with Gasteiger partial charge in [-0.25, -0.2) is 4.98 Å². The Labute approximate surface area is 218 Å². The lowest BCUT2D eigenvalue weighted by atomic mass is 10.0. The highest BCUT2D eigenvalue weighted by atomic mass is 19.4. The van der Waals surface area contributed by atoms with E-state index in [1.54, 1.807) is 23.4 Å². The molecule has 4 aromatic rings. The molecule has 1 saturated heterocycles. The summed E-state index contributed by atoms with van der Waals surface area (Å²) in [6, 6.07) is 13.1. The summed E-state index contributed by atoms with van der Waals surface area (Å²) in [4.78, 5) is 19.5. The third kappa shape index (κ3) is 5.04. The molecule has 1 amide bonds. The van der Waals surface area contributed by atoms with E-state index < -0.39 is 23.8 Å². The number of aliphatic hydroxyl groups is 1. The van der Waals surface area contributed by atoms with Gasteiger partial charge in [0.2, 0.25) is 0 Å². The number of aryl methyl sites for hydroxylation is 3. The molecular formula is C29H29F3N4O2. The zero-order chi connectivity index (χ0) is 27.2. The van der Waals surface area contributed by atoms with Gasteiger partial charge in [-0.15, -0.1) is 0 Å². The molecule has 2 N–H and O–H groups in total. The molecule has 0 aliphatic carbocycles. The summed E-state index contributed by atoms with van der Waals surface area (Å²) in [5.74, 6) is -0.507. The van der Waals surface area contributed by atoms with Crippen molar-refractivity contribution in [2.24, 2.45) is 0 Å². The number of aliphatic hydroxyl groups excluding tert-OH is 1. The van der Waals surface area contributed by atoms with Crippen LogP contribution >= 0.6 is 0 Å². The molecule has 1 fully saturated rings. The first-order valence-electron chi connectivity index (χ1n) is 12.5. The molecule has 3 aromatic carbocycles. The van der Waals surface area contributed by atoms with Crippen LogP contribution in [0.5, 0.6) is 0 Å². The number of likely N-dealkylation sites (tertiary alicyclic amines) is 1. The molecule has 9 heteroatoms. The zero-order valence-electron chi connectivity index (χ0n) is 21.4. The number of β-amino-alcohol motifs (C(OH)–C–C–N with tert-alkyl or cyclic N) is 1. The maximum atomic E-state index is 13.9. The quantitative estimate of drug-likeness (QED) is 0.348. The Balaban J connectivity index is 1.43. The van der Waals surface area contributed by atoms with Gasteiger partial charge < -0.3 is 10.4 Å². The number of amides is 1. The summed E-state index contributed by atoms with van der Waals surface area (Å²) in [7, 11) is 0. The van der Waals surface area contributed by atoms with Crippen LogP contribution in [0.3, 0.4) is 0 Å². The molecule has 198 valence electrons. The molecule has 2 heterocycles. The second kappa shape index (κ2) is 9.89. The van der Waals surface area contributed by atoms with E-state index in [0.717, 1.165) is 39.5 Å². The third-order valence-electron chi connectivity index (χ3n) is 7.14.